The SMILES string of the molecule is Cc1cc(C(=O)CN2CCN(Cc3ccc4c(c3)CCO4)CC2)c(C)n1-c1ncn[nH]1. The summed E-state index contributed by atoms with van der Waals surface area (Å²) in [5, 5.41) is 6.80. The lowest BCUT2D eigenvalue weighted by Gasteiger charge is -2.34. The van der Waals surface area contributed by atoms with E-state index in [-0.39, 0.29) is 5.78 Å². The third-order valence-corrected chi connectivity index (χ3v) is 6.34. The Balaban J connectivity index is 1.17. The van der Waals surface area contributed by atoms with Gasteiger partial charge in [-0.05, 0) is 37.1 Å². The molecule has 5 rings (SSSR count). The first kappa shape index (κ1) is 20.0. The fourth-order valence-electron chi connectivity index (χ4n) is 4.67. The molecule has 0 unspecified atom stereocenters. The Morgan fingerprint density at radius 1 is 1.13 bits per heavy atom. The van der Waals surface area contributed by atoms with Gasteiger partial charge in [-0.3, -0.25) is 19.2 Å². The first-order valence-electron chi connectivity index (χ1n) is 10.9. The maximum atomic E-state index is 13.0. The molecular weight excluding hydrogens is 392 g/mol. The van der Waals surface area contributed by atoms with Crippen molar-refractivity contribution >= 4 is 5.78 Å². The molecule has 2 aliphatic heterocycles. The minimum Gasteiger partial charge on any atom is -0.493 e. The summed E-state index contributed by atoms with van der Waals surface area (Å²) in [4.78, 5) is 22.0. The maximum Gasteiger partial charge on any atom is 0.229 e. The van der Waals surface area contributed by atoms with Crippen molar-refractivity contribution in [3.63, 3.8) is 0 Å². The Labute approximate surface area is 181 Å². The molecule has 2 aliphatic rings. The molecular formula is C23H28N6O2. The van der Waals surface area contributed by atoms with Crippen molar-refractivity contribution in [3.05, 3.63) is 58.7 Å². The third kappa shape index (κ3) is 4.00. The Morgan fingerprint density at radius 2 is 1.94 bits per heavy atom. The molecule has 0 radical (unpaired) electrons. The zero-order valence-corrected chi connectivity index (χ0v) is 18.1. The van der Waals surface area contributed by atoms with Crippen LogP contribution in [0.25, 0.3) is 5.95 Å². The van der Waals surface area contributed by atoms with Crippen LogP contribution in [0.4, 0.5) is 0 Å². The van der Waals surface area contributed by atoms with Gasteiger partial charge < -0.3 is 4.74 Å². The lowest BCUT2D eigenvalue weighted by Crippen LogP contribution is -2.47. The van der Waals surface area contributed by atoms with Gasteiger partial charge in [0.2, 0.25) is 5.95 Å². The summed E-state index contributed by atoms with van der Waals surface area (Å²) in [6.45, 7) is 9.89. The lowest BCUT2D eigenvalue weighted by molar-refractivity contribution is 0.0843. The van der Waals surface area contributed by atoms with E-state index in [0.29, 0.717) is 12.5 Å². The fraction of sp³-hybridized carbons (Fsp3) is 0.435. The van der Waals surface area contributed by atoms with Crippen LogP contribution in [0.3, 0.4) is 0 Å². The highest BCUT2D eigenvalue weighted by molar-refractivity contribution is 5.99. The van der Waals surface area contributed by atoms with Crippen molar-refractivity contribution in [2.75, 3.05) is 39.3 Å². The number of aromatic amines is 1. The van der Waals surface area contributed by atoms with Gasteiger partial charge in [-0.25, -0.2) is 5.10 Å². The first-order valence-corrected chi connectivity index (χ1v) is 10.9. The minimum atomic E-state index is 0.158. The number of aryl methyl sites for hydroxylation is 1. The topological polar surface area (TPSA) is 79.3 Å². The number of rotatable bonds is 6. The van der Waals surface area contributed by atoms with Crippen LogP contribution in [0.5, 0.6) is 5.75 Å². The Morgan fingerprint density at radius 3 is 2.71 bits per heavy atom. The molecule has 2 aromatic heterocycles. The van der Waals surface area contributed by atoms with Crippen molar-refractivity contribution in [3.8, 4) is 11.7 Å². The number of nitrogens with one attached hydrogen (secondary N) is 1. The van der Waals surface area contributed by atoms with Crippen LogP contribution in [0.2, 0.25) is 0 Å². The predicted molar refractivity (Wildman–Crippen MR) is 117 cm³/mol. The van der Waals surface area contributed by atoms with Crippen LogP contribution in [-0.4, -0.2) is 74.7 Å². The molecule has 0 atom stereocenters. The van der Waals surface area contributed by atoms with E-state index in [2.05, 4.69) is 43.2 Å². The third-order valence-electron chi connectivity index (χ3n) is 6.34. The van der Waals surface area contributed by atoms with E-state index < -0.39 is 0 Å². The molecule has 1 fully saturated rings. The number of piperazine rings is 1. The van der Waals surface area contributed by atoms with Gasteiger partial charge in [-0.15, -0.1) is 0 Å². The fourth-order valence-corrected chi connectivity index (χ4v) is 4.67. The van der Waals surface area contributed by atoms with Gasteiger partial charge in [0, 0.05) is 56.1 Å². The van der Waals surface area contributed by atoms with E-state index >= 15 is 0 Å². The maximum absolute atomic E-state index is 13.0. The van der Waals surface area contributed by atoms with Crippen molar-refractivity contribution in [1.29, 1.82) is 0 Å². The zero-order chi connectivity index (χ0) is 21.4. The summed E-state index contributed by atoms with van der Waals surface area (Å²) in [5.74, 6) is 1.83. The van der Waals surface area contributed by atoms with E-state index in [9.17, 15) is 4.79 Å². The second-order valence-electron chi connectivity index (χ2n) is 8.45. The van der Waals surface area contributed by atoms with Crippen LogP contribution >= 0.6 is 0 Å². The highest BCUT2D eigenvalue weighted by Gasteiger charge is 2.23. The number of H-pyrrole nitrogens is 1. The summed E-state index contributed by atoms with van der Waals surface area (Å²) < 4.78 is 7.55. The monoisotopic (exact) mass is 420 g/mol. The number of carbonyl (C=O) groups excluding carboxylic acids is 1. The zero-order valence-electron chi connectivity index (χ0n) is 18.1. The summed E-state index contributed by atoms with van der Waals surface area (Å²) in [7, 11) is 0. The van der Waals surface area contributed by atoms with Crippen molar-refractivity contribution in [2.24, 2.45) is 0 Å². The largest absolute Gasteiger partial charge is 0.493 e. The normalized spacial score (nSPS) is 17.0. The molecule has 31 heavy (non-hydrogen) atoms. The van der Waals surface area contributed by atoms with Crippen LogP contribution < -0.4 is 4.74 Å². The Bertz CT molecular complexity index is 1080. The van der Waals surface area contributed by atoms with Gasteiger partial charge in [0.1, 0.15) is 12.1 Å². The highest BCUT2D eigenvalue weighted by atomic mass is 16.5. The molecule has 0 bridgehead atoms. The Hall–Kier alpha value is -2.97. The van der Waals surface area contributed by atoms with E-state index in [1.54, 1.807) is 0 Å². The number of nitrogens with zero attached hydrogens (tertiary/aromatic N) is 5. The second-order valence-corrected chi connectivity index (χ2v) is 8.45. The molecule has 0 saturated carbocycles. The number of aromatic nitrogens is 4. The van der Waals surface area contributed by atoms with Crippen molar-refractivity contribution in [1.82, 2.24) is 29.5 Å². The molecule has 0 spiro atoms. The average Bonchev–Trinajstić information content (AvgIpc) is 3.50. The number of Topliss-reactive ketones (excluding diaryl/α,β-unsaturated/α-hetero) is 1. The number of benzene rings is 1. The van der Waals surface area contributed by atoms with Crippen molar-refractivity contribution < 1.29 is 9.53 Å². The molecule has 162 valence electrons. The smallest absolute Gasteiger partial charge is 0.229 e. The van der Waals surface area contributed by atoms with Gasteiger partial charge in [-0.1, -0.05) is 12.1 Å². The van der Waals surface area contributed by atoms with Gasteiger partial charge in [0.25, 0.3) is 0 Å². The van der Waals surface area contributed by atoms with Gasteiger partial charge in [-0.2, -0.15) is 10.1 Å². The molecule has 1 aromatic carbocycles. The van der Waals surface area contributed by atoms with Gasteiger partial charge >= 0.3 is 0 Å². The standard InChI is InChI=1S/C23H28N6O2/c1-16-11-20(17(2)29(16)23-24-15-25-26-23)21(30)14-28-8-6-27(7-9-28)13-18-3-4-22-19(12-18)5-10-31-22/h3-4,11-12,15H,5-10,13-14H2,1-2H3,(H,24,25,26). The Kier molecular flexibility index (Phi) is 5.33. The number of hydrogen-bond acceptors (Lipinski definition) is 6. The van der Waals surface area contributed by atoms with Gasteiger partial charge in [0.05, 0.1) is 13.2 Å². The summed E-state index contributed by atoms with van der Waals surface area (Å²) >= 11 is 0. The van der Waals surface area contributed by atoms with Crippen LogP contribution in [0.1, 0.15) is 32.9 Å². The summed E-state index contributed by atoms with van der Waals surface area (Å²) in [6.07, 6.45) is 2.49. The molecule has 0 amide bonds. The minimum absolute atomic E-state index is 0.158. The molecule has 8 nitrogen and oxygen atoms in total. The quantitative estimate of drug-likeness (QED) is 0.616. The lowest BCUT2D eigenvalue weighted by atomic mass is 10.1. The van der Waals surface area contributed by atoms with Crippen molar-refractivity contribution in [2.45, 2.75) is 26.8 Å². The number of carbonyl (C=O) groups is 1. The van der Waals surface area contributed by atoms with E-state index in [1.165, 1.54) is 17.5 Å². The van der Waals surface area contributed by atoms with Gasteiger partial charge in [0.15, 0.2) is 5.78 Å². The predicted octanol–water partition coefficient (Wildman–Crippen LogP) is 2.15. The highest BCUT2D eigenvalue weighted by Crippen LogP contribution is 2.26. The van der Waals surface area contributed by atoms with E-state index in [4.69, 9.17) is 4.74 Å². The molecule has 1 saturated heterocycles. The number of ketones is 1. The van der Waals surface area contributed by atoms with E-state index in [0.717, 1.165) is 68.5 Å². The van der Waals surface area contributed by atoms with Crippen LogP contribution in [0, 0.1) is 13.8 Å². The molecule has 0 aliphatic carbocycles. The second kappa shape index (κ2) is 8.28. The van der Waals surface area contributed by atoms with E-state index in [1.807, 2.05) is 24.5 Å². The number of hydrogen-bond donors (Lipinski definition) is 1. The molecule has 4 heterocycles. The van der Waals surface area contributed by atoms with Crippen LogP contribution in [-0.2, 0) is 13.0 Å². The average molecular weight is 421 g/mol. The molecule has 8 heteroatoms. The number of fused-ring (bicyclic) bond motifs is 1. The van der Waals surface area contributed by atoms with Crippen LogP contribution in [0.15, 0.2) is 30.6 Å². The molecule has 3 aromatic rings. The summed E-state index contributed by atoms with van der Waals surface area (Å²) in [6, 6.07) is 8.50. The first-order chi connectivity index (χ1) is 15.1. The number of ether oxygens (including phenoxy) is 1. The molecule has 1 N–H and O–H groups in total. The summed E-state index contributed by atoms with van der Waals surface area (Å²) in [5.41, 5.74) is 5.30.